The van der Waals surface area contributed by atoms with Crippen molar-refractivity contribution >= 4 is 62.5 Å². The number of nitro benzene ring substituents is 1. The zero-order valence-corrected chi connectivity index (χ0v) is 19.8. The van der Waals surface area contributed by atoms with Crippen molar-refractivity contribution < 1.29 is 14.5 Å². The number of non-ortho nitro benzene ring substituents is 1. The van der Waals surface area contributed by atoms with Gasteiger partial charge in [0.05, 0.1) is 19.4 Å². The van der Waals surface area contributed by atoms with Crippen LogP contribution in [0.3, 0.4) is 0 Å². The lowest BCUT2D eigenvalue weighted by Crippen LogP contribution is -2.13. The largest absolute Gasteiger partial charge is 0.488 e. The molecule has 0 unspecified atom stereocenters. The van der Waals surface area contributed by atoms with Crippen molar-refractivity contribution in [2.24, 2.45) is 0 Å². The van der Waals surface area contributed by atoms with Gasteiger partial charge >= 0.3 is 0 Å². The van der Waals surface area contributed by atoms with Gasteiger partial charge in [-0.15, -0.1) is 0 Å². The molecule has 166 valence electrons. The van der Waals surface area contributed by atoms with Gasteiger partial charge in [0, 0.05) is 17.8 Å². The van der Waals surface area contributed by atoms with E-state index in [4.69, 9.17) is 27.9 Å². The van der Waals surface area contributed by atoms with E-state index in [0.717, 1.165) is 5.56 Å². The van der Waals surface area contributed by atoms with E-state index in [1.807, 2.05) is 6.07 Å². The number of anilines is 1. The Hall–Kier alpha value is -3.38. The van der Waals surface area contributed by atoms with Gasteiger partial charge in [0.25, 0.3) is 11.6 Å². The second-order valence-electron chi connectivity index (χ2n) is 6.65. The van der Waals surface area contributed by atoms with Crippen LogP contribution in [0.4, 0.5) is 11.4 Å². The van der Waals surface area contributed by atoms with Crippen molar-refractivity contribution in [3.8, 4) is 11.8 Å². The summed E-state index contributed by atoms with van der Waals surface area (Å²) in [7, 11) is 0. The highest BCUT2D eigenvalue weighted by Crippen LogP contribution is 2.29. The fourth-order valence-electron chi connectivity index (χ4n) is 2.69. The van der Waals surface area contributed by atoms with Gasteiger partial charge in [-0.3, -0.25) is 14.9 Å². The van der Waals surface area contributed by atoms with Crippen LogP contribution in [0.25, 0.3) is 6.08 Å². The van der Waals surface area contributed by atoms with Crippen molar-refractivity contribution in [2.45, 2.75) is 6.61 Å². The van der Waals surface area contributed by atoms with Crippen LogP contribution in [-0.2, 0) is 11.4 Å². The third-order valence-corrected chi connectivity index (χ3v) is 5.71. The van der Waals surface area contributed by atoms with Crippen LogP contribution in [0.2, 0.25) is 10.0 Å². The molecule has 0 saturated carbocycles. The Morgan fingerprint density at radius 3 is 2.45 bits per heavy atom. The number of hydrogen-bond acceptors (Lipinski definition) is 5. The molecule has 0 aliphatic carbocycles. The minimum atomic E-state index is -0.592. The number of nitro groups is 1. The first-order valence-electron chi connectivity index (χ1n) is 9.30. The molecule has 0 spiro atoms. The number of halogens is 3. The van der Waals surface area contributed by atoms with Gasteiger partial charge in [0.1, 0.15) is 24.0 Å². The Morgan fingerprint density at radius 1 is 1.12 bits per heavy atom. The van der Waals surface area contributed by atoms with Crippen molar-refractivity contribution in [1.82, 2.24) is 0 Å². The SMILES string of the molecule is N#C/C(=C\c1ccc(OCc2ccc([N+](=O)[O-])cc2)c(Br)c1)C(=O)Nc1ccc(Cl)c(Cl)c1. The van der Waals surface area contributed by atoms with Crippen LogP contribution in [0, 0.1) is 21.4 Å². The summed E-state index contributed by atoms with van der Waals surface area (Å²) in [4.78, 5) is 22.7. The number of benzene rings is 3. The molecule has 3 aromatic carbocycles. The summed E-state index contributed by atoms with van der Waals surface area (Å²) in [5.74, 6) is -0.0604. The molecule has 7 nitrogen and oxygen atoms in total. The van der Waals surface area contributed by atoms with Gasteiger partial charge in [0.15, 0.2) is 0 Å². The molecule has 0 atom stereocenters. The predicted octanol–water partition coefficient (Wildman–Crippen LogP) is 6.79. The lowest BCUT2D eigenvalue weighted by molar-refractivity contribution is -0.384. The first kappa shape index (κ1) is 24.3. The van der Waals surface area contributed by atoms with E-state index in [1.165, 1.54) is 24.3 Å². The van der Waals surface area contributed by atoms with Crippen LogP contribution < -0.4 is 10.1 Å². The van der Waals surface area contributed by atoms with Crippen LogP contribution >= 0.6 is 39.1 Å². The fraction of sp³-hybridized carbons (Fsp3) is 0.0435. The Morgan fingerprint density at radius 2 is 1.85 bits per heavy atom. The smallest absolute Gasteiger partial charge is 0.269 e. The van der Waals surface area contributed by atoms with E-state index in [9.17, 15) is 20.2 Å². The van der Waals surface area contributed by atoms with E-state index in [-0.39, 0.29) is 22.9 Å². The average molecular weight is 547 g/mol. The number of rotatable bonds is 7. The molecule has 0 radical (unpaired) electrons. The quantitative estimate of drug-likeness (QED) is 0.152. The topological polar surface area (TPSA) is 105 Å². The Bertz CT molecular complexity index is 1290. The maximum absolute atomic E-state index is 12.5. The van der Waals surface area contributed by atoms with E-state index in [2.05, 4.69) is 21.2 Å². The monoisotopic (exact) mass is 545 g/mol. The van der Waals surface area contributed by atoms with E-state index < -0.39 is 10.8 Å². The third kappa shape index (κ3) is 6.56. The highest BCUT2D eigenvalue weighted by Gasteiger charge is 2.12. The molecule has 0 saturated heterocycles. The van der Waals surface area contributed by atoms with Crippen molar-refractivity contribution in [3.63, 3.8) is 0 Å². The predicted molar refractivity (Wildman–Crippen MR) is 130 cm³/mol. The van der Waals surface area contributed by atoms with E-state index >= 15 is 0 Å². The zero-order chi connectivity index (χ0) is 24.0. The summed E-state index contributed by atoms with van der Waals surface area (Å²) >= 11 is 15.2. The molecule has 3 rings (SSSR count). The summed E-state index contributed by atoms with van der Waals surface area (Å²) in [6.45, 7) is 0.210. The fourth-order valence-corrected chi connectivity index (χ4v) is 3.50. The lowest BCUT2D eigenvalue weighted by Gasteiger charge is -2.09. The molecule has 1 amide bonds. The maximum atomic E-state index is 12.5. The highest BCUT2D eigenvalue weighted by molar-refractivity contribution is 9.10. The van der Waals surface area contributed by atoms with Gasteiger partial charge < -0.3 is 10.1 Å². The van der Waals surface area contributed by atoms with Crippen molar-refractivity contribution in [1.29, 1.82) is 5.26 Å². The number of nitrogens with zero attached hydrogens (tertiary/aromatic N) is 2. The van der Waals surface area contributed by atoms with Gasteiger partial charge in [-0.1, -0.05) is 29.3 Å². The van der Waals surface area contributed by atoms with Crippen molar-refractivity contribution in [2.75, 3.05) is 5.32 Å². The summed E-state index contributed by atoms with van der Waals surface area (Å²) in [5, 5.41) is 23.4. The Balaban J connectivity index is 1.69. The summed E-state index contributed by atoms with van der Waals surface area (Å²) < 4.78 is 6.36. The second kappa shape index (κ2) is 11.0. The first-order valence-corrected chi connectivity index (χ1v) is 10.9. The van der Waals surface area contributed by atoms with Crippen molar-refractivity contribution in [3.05, 3.63) is 102 Å². The number of carbonyl (C=O) groups is 1. The molecule has 1 N–H and O–H groups in total. The molecule has 0 aliphatic heterocycles. The van der Waals surface area contributed by atoms with Gasteiger partial charge in [-0.05, 0) is 75.6 Å². The molecule has 0 heterocycles. The first-order chi connectivity index (χ1) is 15.8. The minimum absolute atomic E-state index is 0.00700. The lowest BCUT2D eigenvalue weighted by atomic mass is 10.1. The maximum Gasteiger partial charge on any atom is 0.269 e. The molecule has 0 aromatic heterocycles. The van der Waals surface area contributed by atoms with Gasteiger partial charge in [-0.2, -0.15) is 5.26 Å². The number of nitriles is 1. The molecule has 3 aromatic rings. The van der Waals surface area contributed by atoms with Crippen LogP contribution in [-0.4, -0.2) is 10.8 Å². The molecule has 0 aliphatic rings. The summed E-state index contributed by atoms with van der Waals surface area (Å²) in [6, 6.07) is 17.6. The standard InChI is InChI=1S/C23H14BrCl2N3O4/c24-19-10-15(3-8-22(19)33-13-14-1-5-18(6-2-14)29(31)32)9-16(12-27)23(30)28-17-4-7-20(25)21(26)11-17/h1-11H,13H2,(H,28,30)/b16-9+. The Labute approximate surface area is 207 Å². The molecule has 10 heteroatoms. The summed E-state index contributed by atoms with van der Waals surface area (Å²) in [6.07, 6.45) is 1.44. The highest BCUT2D eigenvalue weighted by atomic mass is 79.9. The van der Waals surface area contributed by atoms with Crippen LogP contribution in [0.5, 0.6) is 5.75 Å². The Kier molecular flexibility index (Phi) is 8.06. The number of hydrogen-bond donors (Lipinski definition) is 1. The number of nitrogens with one attached hydrogen (secondary N) is 1. The number of carbonyl (C=O) groups excluding carboxylic acids is 1. The molecule has 0 fully saturated rings. The third-order valence-electron chi connectivity index (χ3n) is 4.35. The molecular weight excluding hydrogens is 533 g/mol. The average Bonchev–Trinajstić information content (AvgIpc) is 2.79. The molecule has 0 bridgehead atoms. The molecular formula is C23H14BrCl2N3O4. The van der Waals surface area contributed by atoms with Gasteiger partial charge in [0.2, 0.25) is 0 Å². The minimum Gasteiger partial charge on any atom is -0.488 e. The number of ether oxygens (including phenoxy) is 1. The second-order valence-corrected chi connectivity index (χ2v) is 8.32. The van der Waals surface area contributed by atoms with E-state index in [0.29, 0.717) is 26.5 Å². The zero-order valence-electron chi connectivity index (χ0n) is 16.7. The molecule has 33 heavy (non-hydrogen) atoms. The van der Waals surface area contributed by atoms with Crippen LogP contribution in [0.1, 0.15) is 11.1 Å². The normalized spacial score (nSPS) is 10.9. The van der Waals surface area contributed by atoms with E-state index in [1.54, 1.807) is 42.5 Å². The summed E-state index contributed by atoms with van der Waals surface area (Å²) in [5.41, 5.74) is 1.68. The number of amides is 1. The van der Waals surface area contributed by atoms with Gasteiger partial charge in [-0.25, -0.2) is 0 Å². The van der Waals surface area contributed by atoms with Crippen LogP contribution in [0.15, 0.2) is 70.7 Å².